The Morgan fingerprint density at radius 1 is 1.17 bits per heavy atom. The van der Waals surface area contributed by atoms with Crippen molar-refractivity contribution in [3.05, 3.63) is 71.5 Å². The Bertz CT molecular complexity index is 1340. The van der Waals surface area contributed by atoms with Crippen molar-refractivity contribution in [1.29, 1.82) is 0 Å². The summed E-state index contributed by atoms with van der Waals surface area (Å²) in [6.45, 7) is 9.37. The third-order valence-electron chi connectivity index (χ3n) is 7.90. The fourth-order valence-electron chi connectivity index (χ4n) is 6.37. The predicted molar refractivity (Wildman–Crippen MR) is 134 cm³/mol. The van der Waals surface area contributed by atoms with Crippen molar-refractivity contribution >= 4 is 23.0 Å². The van der Waals surface area contributed by atoms with Crippen molar-refractivity contribution in [3.63, 3.8) is 0 Å². The third kappa shape index (κ3) is 3.12. The zero-order valence-electron chi connectivity index (χ0n) is 20.8. The second kappa shape index (κ2) is 7.44. The van der Waals surface area contributed by atoms with Crippen LogP contribution in [0.5, 0.6) is 0 Å². The molecule has 6 nitrogen and oxygen atoms in total. The number of carbonyl (C=O) groups excluding carboxylic acids is 2. The minimum atomic E-state index is -1.09. The molecule has 3 aliphatic heterocycles. The fourth-order valence-corrected chi connectivity index (χ4v) is 6.37. The molecule has 1 spiro atoms. The van der Waals surface area contributed by atoms with Gasteiger partial charge in [0.25, 0.3) is 0 Å². The number of hydrogen-bond acceptors (Lipinski definition) is 5. The number of aromatic nitrogens is 1. The molecule has 1 aromatic heterocycles. The molecular formula is C29H32N2O4. The molecule has 0 bridgehead atoms. The highest BCUT2D eigenvalue weighted by molar-refractivity contribution is 6.03. The summed E-state index contributed by atoms with van der Waals surface area (Å²) < 4.78 is 13.6. The fraction of sp³-hybridized carbons (Fsp3) is 0.448. The highest BCUT2D eigenvalue weighted by Gasteiger charge is 2.69. The monoisotopic (exact) mass is 472 g/mol. The summed E-state index contributed by atoms with van der Waals surface area (Å²) in [5, 5.41) is 0.849. The molecule has 182 valence electrons. The van der Waals surface area contributed by atoms with Gasteiger partial charge in [-0.05, 0) is 53.1 Å². The normalized spacial score (nSPS) is 30.2. The Hall–Kier alpha value is -3.12. The summed E-state index contributed by atoms with van der Waals surface area (Å²) in [5.41, 5.74) is 1.18. The van der Waals surface area contributed by atoms with Crippen LogP contribution in [0.3, 0.4) is 0 Å². The minimum Gasteiger partial charge on any atom is -0.450 e. The number of benzene rings is 1. The molecule has 1 unspecified atom stereocenters. The van der Waals surface area contributed by atoms with Crippen molar-refractivity contribution in [2.75, 3.05) is 13.1 Å². The molecule has 4 heterocycles. The van der Waals surface area contributed by atoms with Gasteiger partial charge in [0, 0.05) is 29.3 Å². The Morgan fingerprint density at radius 3 is 2.74 bits per heavy atom. The Kier molecular flexibility index (Phi) is 4.75. The second-order valence-electron chi connectivity index (χ2n) is 11.3. The average molecular weight is 473 g/mol. The third-order valence-corrected chi connectivity index (χ3v) is 7.90. The number of ether oxygens (including phenoxy) is 2. The second-order valence-corrected chi connectivity index (χ2v) is 11.3. The van der Waals surface area contributed by atoms with E-state index in [0.717, 1.165) is 53.5 Å². The number of nitrogens with zero attached hydrogens (tertiary/aromatic N) is 2. The number of hydrogen-bond donors (Lipinski definition) is 0. The van der Waals surface area contributed by atoms with E-state index in [4.69, 9.17) is 9.47 Å². The number of esters is 1. The van der Waals surface area contributed by atoms with Crippen LogP contribution in [0.2, 0.25) is 0 Å². The summed E-state index contributed by atoms with van der Waals surface area (Å²) in [5.74, 6) is -0.264. The number of carbonyl (C=O) groups is 2. The van der Waals surface area contributed by atoms with Gasteiger partial charge in [-0.2, -0.15) is 0 Å². The first kappa shape index (κ1) is 22.4. The van der Waals surface area contributed by atoms with Gasteiger partial charge in [-0.1, -0.05) is 54.5 Å². The van der Waals surface area contributed by atoms with E-state index in [-0.39, 0.29) is 12.0 Å². The molecule has 2 aromatic rings. The molecule has 0 radical (unpaired) electrons. The predicted octanol–water partition coefficient (Wildman–Crippen LogP) is 5.27. The molecule has 35 heavy (non-hydrogen) atoms. The first-order valence-electron chi connectivity index (χ1n) is 12.6. The maximum Gasteiger partial charge on any atom is 0.419 e. The zero-order valence-corrected chi connectivity index (χ0v) is 20.8. The lowest BCUT2D eigenvalue weighted by molar-refractivity contribution is -0.180. The molecule has 4 aliphatic rings. The van der Waals surface area contributed by atoms with Crippen LogP contribution >= 0.6 is 0 Å². The van der Waals surface area contributed by atoms with Crippen molar-refractivity contribution in [2.45, 2.75) is 69.6 Å². The van der Waals surface area contributed by atoms with Crippen LogP contribution in [-0.4, -0.2) is 51.9 Å². The van der Waals surface area contributed by atoms with Gasteiger partial charge in [0.2, 0.25) is 0 Å². The van der Waals surface area contributed by atoms with Gasteiger partial charge >= 0.3 is 12.1 Å². The first-order chi connectivity index (χ1) is 16.7. The quantitative estimate of drug-likeness (QED) is 0.529. The number of piperidine rings is 1. The van der Waals surface area contributed by atoms with Gasteiger partial charge in [-0.25, -0.2) is 4.79 Å². The largest absolute Gasteiger partial charge is 0.450 e. The Balaban J connectivity index is 1.56. The molecule has 0 saturated carbocycles. The van der Waals surface area contributed by atoms with Gasteiger partial charge in [-0.3, -0.25) is 14.3 Å². The van der Waals surface area contributed by atoms with E-state index in [9.17, 15) is 9.59 Å². The van der Waals surface area contributed by atoms with Gasteiger partial charge in [0.15, 0.2) is 5.60 Å². The van der Waals surface area contributed by atoms with E-state index in [1.165, 1.54) is 11.0 Å². The first-order valence-corrected chi connectivity index (χ1v) is 12.6. The maximum absolute atomic E-state index is 14.0. The molecule has 1 aromatic carbocycles. The summed E-state index contributed by atoms with van der Waals surface area (Å²) in [6, 6.07) is 7.92. The summed E-state index contributed by atoms with van der Waals surface area (Å²) in [7, 11) is 0. The van der Waals surface area contributed by atoms with Crippen LogP contribution in [0.4, 0.5) is 4.79 Å². The van der Waals surface area contributed by atoms with Crippen LogP contribution in [0.25, 0.3) is 10.9 Å². The topological polar surface area (TPSA) is 60.8 Å². The zero-order chi connectivity index (χ0) is 24.6. The number of para-hydroxylation sites is 1. The van der Waals surface area contributed by atoms with Crippen LogP contribution in [0.15, 0.2) is 65.9 Å². The molecule has 0 amide bonds. The van der Waals surface area contributed by atoms with E-state index < -0.39 is 22.7 Å². The molecule has 6 heteroatoms. The van der Waals surface area contributed by atoms with Crippen LogP contribution in [-0.2, 0) is 19.7 Å². The highest BCUT2D eigenvalue weighted by atomic mass is 16.6. The van der Waals surface area contributed by atoms with Gasteiger partial charge in [0.05, 0.1) is 11.6 Å². The van der Waals surface area contributed by atoms with Crippen LogP contribution in [0.1, 0.15) is 52.5 Å². The molecule has 0 N–H and O–H groups in total. The van der Waals surface area contributed by atoms with E-state index in [1.807, 2.05) is 64.1 Å². The smallest absolute Gasteiger partial charge is 0.419 e. The lowest BCUT2D eigenvalue weighted by atomic mass is 9.64. The summed E-state index contributed by atoms with van der Waals surface area (Å²) in [6.07, 6.45) is 12.8. The maximum atomic E-state index is 14.0. The molecule has 6 rings (SSSR count). The van der Waals surface area contributed by atoms with Crippen molar-refractivity contribution < 1.29 is 19.1 Å². The molecule has 3 atom stereocenters. The van der Waals surface area contributed by atoms with Gasteiger partial charge < -0.3 is 9.47 Å². The van der Waals surface area contributed by atoms with Crippen molar-refractivity contribution in [2.24, 2.45) is 0 Å². The Labute approximate surface area is 205 Å². The number of rotatable bonds is 1. The number of fused-ring (bicyclic) bond motifs is 5. The van der Waals surface area contributed by atoms with E-state index >= 15 is 0 Å². The molecule has 3 saturated heterocycles. The average Bonchev–Trinajstić information content (AvgIpc) is 3.23. The Morgan fingerprint density at radius 2 is 1.97 bits per heavy atom. The van der Waals surface area contributed by atoms with E-state index in [0.29, 0.717) is 0 Å². The lowest BCUT2D eigenvalue weighted by Gasteiger charge is -2.57. The summed E-state index contributed by atoms with van der Waals surface area (Å²) >= 11 is 0. The van der Waals surface area contributed by atoms with Crippen LogP contribution in [0, 0.1) is 0 Å². The lowest BCUT2D eigenvalue weighted by Crippen LogP contribution is -2.71. The number of allylic oxidation sites excluding steroid dienone is 4. The minimum absolute atomic E-state index is 0.202. The standard InChI is InChI=1S/C29H32N2O4/c1-19-12-13-23-28(15-14-19,25(32)34-29(23)18-30-16-8-7-11-24(29)30)21-17-31(26(33)35-27(2,3)4)22-10-6-5-9-20(21)22/h5-6,9-10,12-15,17,24H,7-8,11,16,18H2,1-4H3/t24-,28?,29+/m0/s1. The van der Waals surface area contributed by atoms with Gasteiger partial charge in [-0.15, -0.1) is 0 Å². The van der Waals surface area contributed by atoms with Crippen molar-refractivity contribution in [1.82, 2.24) is 9.47 Å². The van der Waals surface area contributed by atoms with Gasteiger partial charge in [0.1, 0.15) is 11.0 Å². The highest BCUT2D eigenvalue weighted by Crippen LogP contribution is 2.58. The van der Waals surface area contributed by atoms with Crippen molar-refractivity contribution in [3.8, 4) is 0 Å². The van der Waals surface area contributed by atoms with E-state index in [2.05, 4.69) is 17.1 Å². The van der Waals surface area contributed by atoms with E-state index in [1.54, 1.807) is 6.20 Å². The molecule has 3 fully saturated rings. The SMILES string of the molecule is CC1=CC=C2C(c3cn(C(=O)OC(C)(C)C)c4ccccc34)(C=C1)C(=O)O[C@]21CN2CCCC[C@H]21. The molecule has 1 aliphatic carbocycles. The van der Waals surface area contributed by atoms with Crippen LogP contribution < -0.4 is 0 Å². The molecular weight excluding hydrogens is 440 g/mol. The summed E-state index contributed by atoms with van der Waals surface area (Å²) in [4.78, 5) is 29.7.